The van der Waals surface area contributed by atoms with E-state index in [2.05, 4.69) is 6.92 Å². The molecule has 2 saturated carbocycles. The van der Waals surface area contributed by atoms with Crippen molar-refractivity contribution < 1.29 is 19.1 Å². The number of carboxylic acid groups (broad SMARTS) is 1. The summed E-state index contributed by atoms with van der Waals surface area (Å²) in [4.78, 5) is 31.5. The number of carboxylic acids is 1. The number of benzene rings is 1. The van der Waals surface area contributed by atoms with Crippen LogP contribution in [0.5, 0.6) is 0 Å². The van der Waals surface area contributed by atoms with E-state index in [1.165, 1.54) is 0 Å². The fraction of sp³-hybridized carbons (Fsp3) is 0.500. The van der Waals surface area contributed by atoms with E-state index >= 15 is 4.39 Å². The Balaban J connectivity index is 1.40. The van der Waals surface area contributed by atoms with Crippen LogP contribution in [-0.2, 0) is 4.79 Å². The van der Waals surface area contributed by atoms with Crippen molar-refractivity contribution in [3.05, 3.63) is 53.1 Å². The molecule has 2 aromatic heterocycles. The van der Waals surface area contributed by atoms with Gasteiger partial charge < -0.3 is 10.0 Å². The van der Waals surface area contributed by atoms with Gasteiger partial charge in [0.05, 0.1) is 11.6 Å². The van der Waals surface area contributed by atoms with Gasteiger partial charge in [0.25, 0.3) is 5.91 Å². The van der Waals surface area contributed by atoms with Gasteiger partial charge in [-0.3, -0.25) is 9.59 Å². The minimum Gasteiger partial charge on any atom is -0.481 e. The van der Waals surface area contributed by atoms with E-state index in [1.54, 1.807) is 28.8 Å². The Morgan fingerprint density at radius 3 is 2.64 bits per heavy atom. The van der Waals surface area contributed by atoms with Crippen molar-refractivity contribution in [2.75, 3.05) is 6.54 Å². The maximum absolute atomic E-state index is 15.6. The molecule has 8 heteroatoms. The van der Waals surface area contributed by atoms with E-state index in [0.717, 1.165) is 57.2 Å². The average Bonchev–Trinajstić information content (AvgIpc) is 3.55. The number of hydrogen-bond acceptors (Lipinski definition) is 4. The van der Waals surface area contributed by atoms with Crippen molar-refractivity contribution >= 4 is 17.5 Å². The minimum absolute atomic E-state index is 0.0446. The number of likely N-dealkylation sites (tertiary alicyclic amines) is 1. The Morgan fingerprint density at radius 1 is 1.08 bits per heavy atom. The third kappa shape index (κ3) is 3.96. The van der Waals surface area contributed by atoms with Gasteiger partial charge >= 0.3 is 5.97 Å². The highest BCUT2D eigenvalue weighted by Gasteiger charge is 2.45. The van der Waals surface area contributed by atoms with Crippen LogP contribution in [0.25, 0.3) is 16.9 Å². The highest BCUT2D eigenvalue weighted by atomic mass is 19.1. The number of aliphatic carboxylic acids is 1. The Labute approximate surface area is 209 Å². The number of rotatable bonds is 5. The molecule has 1 N–H and O–H groups in total. The van der Waals surface area contributed by atoms with Gasteiger partial charge in [-0.25, -0.2) is 13.9 Å². The molecule has 3 aliphatic rings. The zero-order valence-electron chi connectivity index (χ0n) is 20.5. The molecular weight excluding hydrogens is 459 g/mol. The Kier molecular flexibility index (Phi) is 5.77. The standard InChI is InChI=1S/C28H31FN4O3/c1-16-7-3-2-4-12-32(16)27(34)23-14-24(17-8-5-9-17)33-25(30-23)15-22(31-33)19-11-6-10-18(26(19)29)20-13-21(20)28(35)36/h6,10-11,14-17,20-21H,2-5,7-9,12-13H2,1H3,(H,35,36)/t16-,20?,21+/m1/s1. The van der Waals surface area contributed by atoms with E-state index in [9.17, 15) is 14.7 Å². The van der Waals surface area contributed by atoms with Crippen LogP contribution in [0.3, 0.4) is 0 Å². The monoisotopic (exact) mass is 490 g/mol. The van der Waals surface area contributed by atoms with Gasteiger partial charge in [0.1, 0.15) is 11.5 Å². The third-order valence-electron chi connectivity index (χ3n) is 8.32. The van der Waals surface area contributed by atoms with Crippen LogP contribution >= 0.6 is 0 Å². The molecule has 1 amide bonds. The molecule has 1 unspecified atom stereocenters. The quantitative estimate of drug-likeness (QED) is 0.518. The van der Waals surface area contributed by atoms with Gasteiger partial charge in [0.2, 0.25) is 0 Å². The van der Waals surface area contributed by atoms with Crippen LogP contribution in [0.2, 0.25) is 0 Å². The van der Waals surface area contributed by atoms with E-state index in [0.29, 0.717) is 40.5 Å². The first-order chi connectivity index (χ1) is 17.4. The lowest BCUT2D eigenvalue weighted by Gasteiger charge is -2.29. The van der Waals surface area contributed by atoms with Crippen molar-refractivity contribution in [2.24, 2.45) is 5.92 Å². The summed E-state index contributed by atoms with van der Waals surface area (Å²) in [5.41, 5.74) is 3.13. The molecule has 6 rings (SSSR count). The van der Waals surface area contributed by atoms with Gasteiger partial charge in [-0.15, -0.1) is 0 Å². The fourth-order valence-electron chi connectivity index (χ4n) is 5.80. The first-order valence-electron chi connectivity index (χ1n) is 13.2. The summed E-state index contributed by atoms with van der Waals surface area (Å²) < 4.78 is 17.3. The number of halogens is 1. The molecule has 0 spiro atoms. The molecule has 3 atom stereocenters. The molecule has 0 radical (unpaired) electrons. The van der Waals surface area contributed by atoms with E-state index in [1.807, 2.05) is 11.0 Å². The Bertz CT molecular complexity index is 1350. The van der Waals surface area contributed by atoms with Crippen molar-refractivity contribution in [2.45, 2.75) is 76.2 Å². The molecule has 1 aliphatic heterocycles. The maximum Gasteiger partial charge on any atom is 0.307 e. The molecule has 36 heavy (non-hydrogen) atoms. The smallest absolute Gasteiger partial charge is 0.307 e. The van der Waals surface area contributed by atoms with Crippen LogP contribution in [-0.4, -0.2) is 49.1 Å². The number of nitrogens with zero attached hydrogens (tertiary/aromatic N) is 4. The summed E-state index contributed by atoms with van der Waals surface area (Å²) in [5.74, 6) is -1.88. The summed E-state index contributed by atoms with van der Waals surface area (Å²) in [6.45, 7) is 2.85. The number of hydrogen-bond donors (Lipinski definition) is 1. The maximum atomic E-state index is 15.6. The number of carbonyl (C=O) groups is 2. The molecular formula is C28H31FN4O3. The SMILES string of the molecule is C[C@@H]1CCCCCN1C(=O)c1cc(C2CCC2)n2nc(-c3cccc(C4C[C@@H]4C(=O)O)c3F)cc2n1. The lowest BCUT2D eigenvalue weighted by atomic mass is 9.82. The van der Waals surface area contributed by atoms with Crippen molar-refractivity contribution in [1.29, 1.82) is 0 Å². The Hall–Kier alpha value is -3.29. The largest absolute Gasteiger partial charge is 0.481 e. The summed E-state index contributed by atoms with van der Waals surface area (Å²) >= 11 is 0. The second-order valence-corrected chi connectivity index (χ2v) is 10.7. The zero-order valence-corrected chi connectivity index (χ0v) is 20.5. The minimum atomic E-state index is -0.886. The predicted octanol–water partition coefficient (Wildman–Crippen LogP) is 5.40. The number of fused-ring (bicyclic) bond motifs is 1. The van der Waals surface area contributed by atoms with Gasteiger partial charge in [0.15, 0.2) is 5.65 Å². The normalized spacial score (nSPS) is 24.4. The van der Waals surface area contributed by atoms with Gasteiger partial charge in [-0.2, -0.15) is 5.10 Å². The third-order valence-corrected chi connectivity index (χ3v) is 8.32. The second kappa shape index (κ2) is 8.98. The lowest BCUT2D eigenvalue weighted by Crippen LogP contribution is -2.38. The van der Waals surface area contributed by atoms with Crippen LogP contribution in [0, 0.1) is 11.7 Å². The lowest BCUT2D eigenvalue weighted by molar-refractivity contribution is -0.138. The molecule has 1 saturated heterocycles. The number of carbonyl (C=O) groups excluding carboxylic acids is 1. The van der Waals surface area contributed by atoms with Crippen molar-refractivity contribution in [1.82, 2.24) is 19.5 Å². The first-order valence-corrected chi connectivity index (χ1v) is 13.2. The summed E-state index contributed by atoms with van der Waals surface area (Å²) in [5, 5.41) is 14.0. The number of aromatic nitrogens is 3. The Morgan fingerprint density at radius 2 is 1.92 bits per heavy atom. The summed E-state index contributed by atoms with van der Waals surface area (Å²) in [6, 6.07) is 8.91. The molecule has 3 aromatic rings. The number of amides is 1. The van der Waals surface area contributed by atoms with Crippen LogP contribution in [0.1, 0.15) is 91.9 Å². The van der Waals surface area contributed by atoms with Gasteiger partial charge in [-0.05, 0) is 56.7 Å². The van der Waals surface area contributed by atoms with Crippen LogP contribution in [0.4, 0.5) is 4.39 Å². The molecule has 2 aliphatic carbocycles. The molecule has 188 valence electrons. The molecule has 1 aromatic carbocycles. The van der Waals surface area contributed by atoms with Crippen LogP contribution in [0.15, 0.2) is 30.3 Å². The van der Waals surface area contributed by atoms with E-state index in [-0.39, 0.29) is 17.9 Å². The van der Waals surface area contributed by atoms with Crippen molar-refractivity contribution in [3.63, 3.8) is 0 Å². The zero-order chi connectivity index (χ0) is 25.0. The topological polar surface area (TPSA) is 87.8 Å². The molecule has 0 bridgehead atoms. The first kappa shape index (κ1) is 23.1. The highest BCUT2D eigenvalue weighted by Crippen LogP contribution is 2.49. The van der Waals surface area contributed by atoms with Crippen molar-refractivity contribution in [3.8, 4) is 11.3 Å². The fourth-order valence-corrected chi connectivity index (χ4v) is 5.80. The van der Waals surface area contributed by atoms with Crippen LogP contribution < -0.4 is 0 Å². The summed E-state index contributed by atoms with van der Waals surface area (Å²) in [7, 11) is 0. The summed E-state index contributed by atoms with van der Waals surface area (Å²) in [6.07, 6.45) is 7.93. The average molecular weight is 491 g/mol. The highest BCUT2D eigenvalue weighted by molar-refractivity contribution is 5.93. The van der Waals surface area contributed by atoms with Gasteiger partial charge in [-0.1, -0.05) is 31.4 Å². The molecule has 7 nitrogen and oxygen atoms in total. The van der Waals surface area contributed by atoms with E-state index < -0.39 is 17.7 Å². The van der Waals surface area contributed by atoms with Gasteiger partial charge in [0, 0.05) is 41.7 Å². The molecule has 3 fully saturated rings. The second-order valence-electron chi connectivity index (χ2n) is 10.7. The predicted molar refractivity (Wildman–Crippen MR) is 132 cm³/mol. The van der Waals surface area contributed by atoms with E-state index in [4.69, 9.17) is 10.1 Å². The molecule has 3 heterocycles.